The molecule has 0 aliphatic rings. The van der Waals surface area contributed by atoms with E-state index in [2.05, 4.69) is 129 Å². The minimum Gasteiger partial charge on any atom is -0.309 e. The summed E-state index contributed by atoms with van der Waals surface area (Å²) in [6, 6.07) is 68.4. The molecule has 0 unspecified atom stereocenters. The Balaban J connectivity index is 1.15. The van der Waals surface area contributed by atoms with Gasteiger partial charge in [-0.15, -0.1) is 0 Å². The molecule has 0 saturated carbocycles. The topological polar surface area (TPSA) is 63.8 Å². The third kappa shape index (κ3) is 5.48. The maximum Gasteiger partial charge on any atom is 0.195 e. The number of hydrogen-bond acceptors (Lipinski definition) is 3. The van der Waals surface area contributed by atoms with Gasteiger partial charge in [0.2, 0.25) is 0 Å². The van der Waals surface area contributed by atoms with E-state index in [-0.39, 0.29) is 0 Å². The van der Waals surface area contributed by atoms with Crippen LogP contribution in [0.2, 0.25) is 0 Å². The second-order valence-corrected chi connectivity index (χ2v) is 14.8. The minimum atomic E-state index is 0.360. The van der Waals surface area contributed by atoms with Crippen LogP contribution < -0.4 is 0 Å². The first-order valence-corrected chi connectivity index (χ1v) is 19.8. The molecule has 60 heavy (non-hydrogen) atoms. The molecule has 3 heterocycles. The zero-order valence-corrected chi connectivity index (χ0v) is 32.2. The normalized spacial score (nSPS) is 11.3. The summed E-state index contributed by atoms with van der Waals surface area (Å²) in [7, 11) is 0. The Bertz CT molecular complexity index is 3540. The van der Waals surface area contributed by atoms with Crippen LogP contribution in [-0.4, -0.2) is 19.1 Å². The minimum absolute atomic E-state index is 0.360. The van der Waals surface area contributed by atoms with Crippen molar-refractivity contribution in [3.63, 3.8) is 0 Å². The van der Waals surface area contributed by atoms with Crippen molar-refractivity contribution in [3.8, 4) is 62.5 Å². The SMILES string of the molecule is [C-]#[N+]c1cc(-c2nc(-c3ccccc3)nc(-c3ccccc3)c2C#N)ccc1-c1ccc2c(c1)c1c3c4ccccc4n(-c4ccccc4)c3ccc1n2-c1ccccc1. The van der Waals surface area contributed by atoms with Crippen LogP contribution in [0.15, 0.2) is 194 Å². The van der Waals surface area contributed by atoms with Gasteiger partial charge in [0.1, 0.15) is 11.6 Å². The first-order valence-electron chi connectivity index (χ1n) is 19.8. The molecule has 0 radical (unpaired) electrons. The molecule has 3 aromatic heterocycles. The van der Waals surface area contributed by atoms with Crippen LogP contribution >= 0.6 is 0 Å². The van der Waals surface area contributed by atoms with Crippen molar-refractivity contribution in [1.82, 2.24) is 19.1 Å². The first-order chi connectivity index (χ1) is 29.7. The molecular weight excluding hydrogens is 733 g/mol. The van der Waals surface area contributed by atoms with Gasteiger partial charge in [-0.05, 0) is 77.4 Å². The molecule has 0 bridgehead atoms. The number of rotatable bonds is 6. The first kappa shape index (κ1) is 34.7. The Kier molecular flexibility index (Phi) is 8.15. The van der Waals surface area contributed by atoms with Crippen LogP contribution in [0.1, 0.15) is 5.56 Å². The fourth-order valence-electron chi connectivity index (χ4n) is 8.76. The second-order valence-electron chi connectivity index (χ2n) is 14.8. The standard InChI is InChI=1S/C54H32N6/c1-56-45-33-38(53-44(34-55)52(35-16-6-2-7-17-35)57-54(58-53)36-18-8-3-9-19-36)26-28-41(45)37-27-29-47-43(32-37)51-49(60(47)40-22-12-5-13-23-40)31-30-48-50(51)42-24-14-15-25-46(42)59(48)39-20-10-4-11-21-39/h2-33H. The lowest BCUT2D eigenvalue weighted by molar-refractivity contribution is 1.17. The van der Waals surface area contributed by atoms with Crippen molar-refractivity contribution in [2.45, 2.75) is 0 Å². The molecule has 0 aliphatic heterocycles. The number of fused-ring (bicyclic) bond motifs is 7. The maximum absolute atomic E-state index is 10.6. The smallest absolute Gasteiger partial charge is 0.195 e. The molecule has 0 N–H and O–H groups in total. The summed E-state index contributed by atoms with van der Waals surface area (Å²) in [5, 5.41) is 15.2. The van der Waals surface area contributed by atoms with Gasteiger partial charge in [0.05, 0.1) is 40.0 Å². The lowest BCUT2D eigenvalue weighted by Crippen LogP contribution is -2.01. The summed E-state index contributed by atoms with van der Waals surface area (Å²) in [5.74, 6) is 0.511. The molecule has 6 heteroatoms. The molecule has 0 amide bonds. The largest absolute Gasteiger partial charge is 0.309 e. The molecule has 11 aromatic rings. The molecule has 11 rings (SSSR count). The Labute approximate surface area is 346 Å². The van der Waals surface area contributed by atoms with Crippen molar-refractivity contribution in [2.75, 3.05) is 0 Å². The Morgan fingerprint density at radius 1 is 0.450 bits per heavy atom. The van der Waals surface area contributed by atoms with Gasteiger partial charge in [-0.1, -0.05) is 133 Å². The summed E-state index contributed by atoms with van der Waals surface area (Å²) in [4.78, 5) is 14.0. The van der Waals surface area contributed by atoms with Gasteiger partial charge in [-0.3, -0.25) is 0 Å². The van der Waals surface area contributed by atoms with Gasteiger partial charge < -0.3 is 9.13 Å². The van der Waals surface area contributed by atoms with E-state index in [1.165, 1.54) is 10.8 Å². The van der Waals surface area contributed by atoms with E-state index in [0.29, 0.717) is 34.0 Å². The monoisotopic (exact) mass is 764 g/mol. The Morgan fingerprint density at radius 3 is 1.57 bits per heavy atom. The number of benzene rings is 8. The second kappa shape index (κ2) is 14.1. The number of para-hydroxylation sites is 3. The molecule has 0 fully saturated rings. The van der Waals surface area contributed by atoms with E-state index in [1.54, 1.807) is 0 Å². The van der Waals surface area contributed by atoms with Gasteiger partial charge in [0.15, 0.2) is 11.5 Å². The molecule has 0 spiro atoms. The van der Waals surface area contributed by atoms with Crippen LogP contribution in [0.25, 0.3) is 105 Å². The van der Waals surface area contributed by atoms with Crippen molar-refractivity contribution < 1.29 is 0 Å². The third-order valence-electron chi connectivity index (χ3n) is 11.4. The molecule has 0 saturated heterocycles. The predicted octanol–water partition coefficient (Wildman–Crippen LogP) is 13.8. The van der Waals surface area contributed by atoms with Crippen LogP contribution in [0, 0.1) is 17.9 Å². The van der Waals surface area contributed by atoms with E-state index in [0.717, 1.165) is 66.5 Å². The Hall–Kier alpha value is -8.58. The van der Waals surface area contributed by atoms with Crippen LogP contribution in [-0.2, 0) is 0 Å². The van der Waals surface area contributed by atoms with Crippen molar-refractivity contribution in [3.05, 3.63) is 211 Å². The molecular formula is C54H32N6. The molecule has 8 aromatic carbocycles. The summed E-state index contributed by atoms with van der Waals surface area (Å²) in [6.45, 7) is 8.46. The summed E-state index contributed by atoms with van der Waals surface area (Å²) < 4.78 is 4.69. The van der Waals surface area contributed by atoms with Gasteiger partial charge in [-0.2, -0.15) is 5.26 Å². The van der Waals surface area contributed by atoms with Crippen molar-refractivity contribution in [2.24, 2.45) is 0 Å². The number of aromatic nitrogens is 4. The van der Waals surface area contributed by atoms with Gasteiger partial charge in [-0.25, -0.2) is 14.8 Å². The summed E-state index contributed by atoms with van der Waals surface area (Å²) >= 11 is 0. The zero-order chi connectivity index (χ0) is 40.2. The average molecular weight is 765 g/mol. The molecule has 278 valence electrons. The summed E-state index contributed by atoms with van der Waals surface area (Å²) in [5.41, 5.74) is 12.6. The quantitative estimate of drug-likeness (QED) is 0.158. The molecule has 0 atom stereocenters. The molecule has 6 nitrogen and oxygen atoms in total. The fourth-order valence-corrected chi connectivity index (χ4v) is 8.76. The Morgan fingerprint density at radius 2 is 0.950 bits per heavy atom. The number of nitriles is 1. The zero-order valence-electron chi connectivity index (χ0n) is 32.2. The van der Waals surface area contributed by atoms with E-state index < -0.39 is 0 Å². The van der Waals surface area contributed by atoms with Crippen LogP contribution in [0.4, 0.5) is 5.69 Å². The van der Waals surface area contributed by atoms with Crippen molar-refractivity contribution >= 4 is 49.3 Å². The van der Waals surface area contributed by atoms with Gasteiger partial charge >= 0.3 is 0 Å². The third-order valence-corrected chi connectivity index (χ3v) is 11.4. The lowest BCUT2D eigenvalue weighted by atomic mass is 9.95. The fraction of sp³-hybridized carbons (Fsp3) is 0. The van der Waals surface area contributed by atoms with Crippen molar-refractivity contribution in [1.29, 1.82) is 5.26 Å². The highest BCUT2D eigenvalue weighted by atomic mass is 15.0. The predicted molar refractivity (Wildman–Crippen MR) is 243 cm³/mol. The van der Waals surface area contributed by atoms with Gasteiger partial charge in [0.25, 0.3) is 0 Å². The van der Waals surface area contributed by atoms with E-state index >= 15 is 0 Å². The van der Waals surface area contributed by atoms with Gasteiger partial charge in [0, 0.05) is 44.0 Å². The highest BCUT2D eigenvalue weighted by Gasteiger charge is 2.23. The highest BCUT2D eigenvalue weighted by Crippen LogP contribution is 2.45. The van der Waals surface area contributed by atoms with E-state index in [9.17, 15) is 5.26 Å². The van der Waals surface area contributed by atoms with E-state index in [1.807, 2.05) is 84.9 Å². The van der Waals surface area contributed by atoms with E-state index in [4.69, 9.17) is 16.5 Å². The average Bonchev–Trinajstić information content (AvgIpc) is 3.84. The molecule has 0 aliphatic carbocycles. The number of hydrogen-bond donors (Lipinski definition) is 0. The summed E-state index contributed by atoms with van der Waals surface area (Å²) in [6.07, 6.45) is 0. The highest BCUT2D eigenvalue weighted by molar-refractivity contribution is 6.29. The van der Waals surface area contributed by atoms with Crippen LogP contribution in [0.3, 0.4) is 0 Å². The lowest BCUT2D eigenvalue weighted by Gasteiger charge is -2.14. The van der Waals surface area contributed by atoms with Crippen LogP contribution in [0.5, 0.6) is 0 Å². The maximum atomic E-state index is 10.6. The number of nitrogens with zero attached hydrogens (tertiary/aromatic N) is 6.